The highest BCUT2D eigenvalue weighted by Crippen LogP contribution is 2.71. The molecule has 0 unspecified atom stereocenters. The molecule has 3 rings (SSSR count). The Labute approximate surface area is 92.6 Å². The van der Waals surface area contributed by atoms with Crippen LogP contribution in [0.15, 0.2) is 0 Å². The summed E-state index contributed by atoms with van der Waals surface area (Å²) in [7, 11) is 0. The molecule has 3 fully saturated rings. The van der Waals surface area contributed by atoms with E-state index in [0.717, 1.165) is 30.1 Å². The number of Topliss-reactive ketones (excluding diaryl/α,β-unsaturated/α-hetero) is 1. The molecule has 3 saturated carbocycles. The third-order valence-corrected chi connectivity index (χ3v) is 5.84. The van der Waals surface area contributed by atoms with Gasteiger partial charge in [-0.25, -0.2) is 0 Å². The summed E-state index contributed by atoms with van der Waals surface area (Å²) < 4.78 is 0. The van der Waals surface area contributed by atoms with Crippen LogP contribution in [0.4, 0.5) is 0 Å². The molecular weight excluding hydrogens is 184 g/mol. The minimum Gasteiger partial charge on any atom is -0.299 e. The van der Waals surface area contributed by atoms with Gasteiger partial charge in [-0.2, -0.15) is 0 Å². The molecule has 0 saturated heterocycles. The van der Waals surface area contributed by atoms with Crippen molar-refractivity contribution in [3.63, 3.8) is 0 Å². The van der Waals surface area contributed by atoms with Gasteiger partial charge in [-0.3, -0.25) is 4.79 Å². The Morgan fingerprint density at radius 2 is 2.07 bits per heavy atom. The standard InChI is InChI=1S/C14H22O/c1-8(2)9-6-7-14(3)10-4-5-11(15)12(10)13(9)14/h8-10,12-13H,4-7H2,1-3H3/t9-,10+,12+,13+,14-/m0/s1. The molecule has 0 aliphatic heterocycles. The first kappa shape index (κ1) is 9.86. The summed E-state index contributed by atoms with van der Waals surface area (Å²) in [4.78, 5) is 11.9. The number of hydrogen-bond acceptors (Lipinski definition) is 1. The molecular formula is C14H22O. The van der Waals surface area contributed by atoms with E-state index in [1.54, 1.807) is 0 Å². The summed E-state index contributed by atoms with van der Waals surface area (Å²) in [6.45, 7) is 7.13. The van der Waals surface area contributed by atoms with E-state index >= 15 is 0 Å². The Balaban J connectivity index is 1.91. The monoisotopic (exact) mass is 206 g/mol. The smallest absolute Gasteiger partial charge is 0.136 e. The maximum absolute atomic E-state index is 11.9. The predicted molar refractivity (Wildman–Crippen MR) is 60.4 cm³/mol. The van der Waals surface area contributed by atoms with Crippen molar-refractivity contribution in [2.45, 2.75) is 46.5 Å². The van der Waals surface area contributed by atoms with E-state index in [1.165, 1.54) is 19.3 Å². The van der Waals surface area contributed by atoms with Crippen molar-refractivity contribution in [1.82, 2.24) is 0 Å². The molecule has 0 bridgehead atoms. The molecule has 1 heteroatoms. The van der Waals surface area contributed by atoms with Gasteiger partial charge in [-0.05, 0) is 48.3 Å². The first-order valence-electron chi connectivity index (χ1n) is 6.58. The van der Waals surface area contributed by atoms with Crippen molar-refractivity contribution in [2.75, 3.05) is 0 Å². The van der Waals surface area contributed by atoms with Crippen LogP contribution in [0.5, 0.6) is 0 Å². The second-order valence-corrected chi connectivity index (χ2v) is 6.62. The molecule has 3 aliphatic rings. The Morgan fingerprint density at radius 3 is 2.73 bits per heavy atom. The second-order valence-electron chi connectivity index (χ2n) is 6.62. The fourth-order valence-electron chi connectivity index (χ4n) is 5.11. The minimum absolute atomic E-state index is 0.477. The van der Waals surface area contributed by atoms with Crippen molar-refractivity contribution in [1.29, 1.82) is 0 Å². The van der Waals surface area contributed by atoms with Crippen LogP contribution in [0, 0.1) is 35.0 Å². The lowest BCUT2D eigenvalue weighted by molar-refractivity contribution is -0.142. The Bertz CT molecular complexity index is 306. The van der Waals surface area contributed by atoms with E-state index in [1.807, 2.05) is 0 Å². The van der Waals surface area contributed by atoms with E-state index in [0.29, 0.717) is 17.1 Å². The summed E-state index contributed by atoms with van der Waals surface area (Å²) in [5, 5.41) is 0. The number of carbonyl (C=O) groups excluding carboxylic acids is 1. The molecule has 0 aromatic carbocycles. The number of fused-ring (bicyclic) bond motifs is 4. The first-order valence-corrected chi connectivity index (χ1v) is 6.58. The van der Waals surface area contributed by atoms with Crippen LogP contribution in [-0.2, 0) is 4.79 Å². The molecule has 0 amide bonds. The second kappa shape index (κ2) is 2.87. The average molecular weight is 206 g/mol. The normalized spacial score (nSPS) is 52.9. The van der Waals surface area contributed by atoms with Gasteiger partial charge in [0, 0.05) is 12.3 Å². The van der Waals surface area contributed by atoms with Crippen LogP contribution < -0.4 is 0 Å². The van der Waals surface area contributed by atoms with Gasteiger partial charge >= 0.3 is 0 Å². The summed E-state index contributed by atoms with van der Waals surface area (Å²) in [5.74, 6) is 4.18. The maximum atomic E-state index is 11.9. The zero-order valence-electron chi connectivity index (χ0n) is 10.1. The topological polar surface area (TPSA) is 17.1 Å². The molecule has 0 aromatic heterocycles. The van der Waals surface area contributed by atoms with Gasteiger partial charge < -0.3 is 0 Å². The van der Waals surface area contributed by atoms with Crippen molar-refractivity contribution in [3.8, 4) is 0 Å². The lowest BCUT2D eigenvalue weighted by Crippen LogP contribution is -2.54. The summed E-state index contributed by atoms with van der Waals surface area (Å²) in [6, 6.07) is 0. The number of rotatable bonds is 1. The third-order valence-electron chi connectivity index (χ3n) is 5.84. The molecule has 3 aliphatic carbocycles. The molecule has 0 spiro atoms. The van der Waals surface area contributed by atoms with E-state index in [-0.39, 0.29) is 0 Å². The number of ketones is 1. The lowest BCUT2D eigenvalue weighted by Gasteiger charge is -2.56. The molecule has 84 valence electrons. The Hall–Kier alpha value is -0.330. The zero-order chi connectivity index (χ0) is 10.8. The van der Waals surface area contributed by atoms with Crippen LogP contribution in [0.2, 0.25) is 0 Å². The van der Waals surface area contributed by atoms with Crippen LogP contribution in [0.1, 0.15) is 46.5 Å². The van der Waals surface area contributed by atoms with Crippen molar-refractivity contribution >= 4 is 5.78 Å². The number of carbonyl (C=O) groups is 1. The summed E-state index contributed by atoms with van der Waals surface area (Å²) >= 11 is 0. The van der Waals surface area contributed by atoms with Gasteiger partial charge in [0.25, 0.3) is 0 Å². The third kappa shape index (κ3) is 1.02. The molecule has 0 N–H and O–H groups in total. The highest BCUT2D eigenvalue weighted by atomic mass is 16.1. The SMILES string of the molecule is CC(C)[C@@H]1CC[C@]2(C)[C@H]1[C@H]1C(=O)CC[C@H]12. The summed E-state index contributed by atoms with van der Waals surface area (Å²) in [5.41, 5.74) is 0.547. The molecule has 0 heterocycles. The molecule has 15 heavy (non-hydrogen) atoms. The maximum Gasteiger partial charge on any atom is 0.136 e. The van der Waals surface area contributed by atoms with Crippen molar-refractivity contribution < 1.29 is 4.79 Å². The van der Waals surface area contributed by atoms with E-state index in [9.17, 15) is 4.79 Å². The van der Waals surface area contributed by atoms with Gasteiger partial charge in [-0.15, -0.1) is 0 Å². The minimum atomic E-state index is 0.477. The molecule has 5 atom stereocenters. The quantitative estimate of drug-likeness (QED) is 0.643. The van der Waals surface area contributed by atoms with Gasteiger partial charge in [0.05, 0.1) is 0 Å². The van der Waals surface area contributed by atoms with Crippen LogP contribution in [0.25, 0.3) is 0 Å². The zero-order valence-corrected chi connectivity index (χ0v) is 10.1. The van der Waals surface area contributed by atoms with Crippen molar-refractivity contribution in [3.05, 3.63) is 0 Å². The van der Waals surface area contributed by atoms with Crippen LogP contribution in [0.3, 0.4) is 0 Å². The van der Waals surface area contributed by atoms with Gasteiger partial charge in [0.1, 0.15) is 5.78 Å². The van der Waals surface area contributed by atoms with Gasteiger partial charge in [-0.1, -0.05) is 20.8 Å². The van der Waals surface area contributed by atoms with Crippen molar-refractivity contribution in [2.24, 2.45) is 35.0 Å². The Morgan fingerprint density at radius 1 is 1.33 bits per heavy atom. The first-order chi connectivity index (χ1) is 7.05. The van der Waals surface area contributed by atoms with E-state index in [2.05, 4.69) is 20.8 Å². The van der Waals surface area contributed by atoms with E-state index < -0.39 is 0 Å². The van der Waals surface area contributed by atoms with E-state index in [4.69, 9.17) is 0 Å². The lowest BCUT2D eigenvalue weighted by atomic mass is 9.48. The van der Waals surface area contributed by atoms with Crippen LogP contribution >= 0.6 is 0 Å². The van der Waals surface area contributed by atoms with Gasteiger partial charge in [0.15, 0.2) is 0 Å². The molecule has 0 radical (unpaired) electrons. The van der Waals surface area contributed by atoms with Crippen LogP contribution in [-0.4, -0.2) is 5.78 Å². The highest BCUT2D eigenvalue weighted by molar-refractivity contribution is 5.85. The summed E-state index contributed by atoms with van der Waals surface area (Å²) in [6.07, 6.45) is 4.83. The molecule has 1 nitrogen and oxygen atoms in total. The van der Waals surface area contributed by atoms with Gasteiger partial charge in [0.2, 0.25) is 0 Å². The Kier molecular flexibility index (Phi) is 1.88. The largest absolute Gasteiger partial charge is 0.299 e. The molecule has 0 aromatic rings. The predicted octanol–water partition coefficient (Wildman–Crippen LogP) is 3.28. The fraction of sp³-hybridized carbons (Fsp3) is 0.929. The fourth-order valence-corrected chi connectivity index (χ4v) is 5.11. The average Bonchev–Trinajstić information content (AvgIpc) is 2.62. The highest BCUT2D eigenvalue weighted by Gasteiger charge is 2.67. The number of hydrogen-bond donors (Lipinski definition) is 0.